The fourth-order valence-electron chi connectivity index (χ4n) is 3.55. The first-order valence-corrected chi connectivity index (χ1v) is 18.5. The molecule has 0 spiro atoms. The molecule has 8 atom stereocenters. The van der Waals surface area contributed by atoms with E-state index in [0.29, 0.717) is 0 Å². The summed E-state index contributed by atoms with van der Waals surface area (Å²) in [5.41, 5.74) is 0. The molecule has 2 rings (SSSR count). The predicted octanol–water partition coefficient (Wildman–Crippen LogP) is -5.11. The van der Waals surface area contributed by atoms with Gasteiger partial charge in [0.15, 0.2) is 12.4 Å². The van der Waals surface area contributed by atoms with Crippen molar-refractivity contribution in [1.82, 2.24) is 0 Å². The van der Waals surface area contributed by atoms with Gasteiger partial charge in [-0.15, -0.1) is 0 Å². The second-order valence-corrected chi connectivity index (χ2v) is 14.3. The van der Waals surface area contributed by atoms with E-state index in [2.05, 4.69) is 25.1 Å². The van der Waals surface area contributed by atoms with Gasteiger partial charge in [0, 0.05) is 0 Å². The molecule has 2 saturated heterocycles. The van der Waals surface area contributed by atoms with Crippen molar-refractivity contribution in [2.45, 2.75) is 49.0 Å². The van der Waals surface area contributed by atoms with Crippen molar-refractivity contribution in [2.75, 3.05) is 19.8 Å². The van der Waals surface area contributed by atoms with Crippen molar-refractivity contribution < 1.29 is 117 Å². The second-order valence-electron chi connectivity index (χ2n) is 7.97. The summed E-state index contributed by atoms with van der Waals surface area (Å²) in [7, 11) is -33.4. The van der Waals surface area contributed by atoms with Crippen LogP contribution in [0.5, 0.6) is 0 Å². The van der Waals surface area contributed by atoms with Crippen molar-refractivity contribution in [3.63, 3.8) is 0 Å². The van der Waals surface area contributed by atoms with Gasteiger partial charge in [0.1, 0.15) is 36.6 Å². The van der Waals surface area contributed by atoms with Crippen LogP contribution in [0.1, 0.15) is 0 Å². The van der Waals surface area contributed by atoms with Gasteiger partial charge in [0.2, 0.25) is 0 Å². The van der Waals surface area contributed by atoms with Crippen LogP contribution in [0.25, 0.3) is 0 Å². The van der Waals surface area contributed by atoms with Crippen molar-refractivity contribution >= 4 is 62.4 Å². The Kier molecular flexibility index (Phi) is 12.6. The minimum absolute atomic E-state index is 1.32. The zero-order chi connectivity index (χ0) is 34.1. The van der Waals surface area contributed by atoms with Crippen molar-refractivity contribution in [3.05, 3.63) is 0 Å². The quantitative estimate of drug-likeness (QED) is 0.0798. The highest BCUT2D eigenvalue weighted by molar-refractivity contribution is 7.82. The monoisotopic (exact) mass is 776 g/mol. The molecule has 0 aromatic rings. The molecule has 27 nitrogen and oxygen atoms in total. The van der Waals surface area contributed by atoms with Crippen LogP contribution in [0.2, 0.25) is 0 Å². The van der Waals surface area contributed by atoms with Crippen molar-refractivity contribution in [1.29, 1.82) is 0 Å². The Balaban J connectivity index is 2.62. The van der Waals surface area contributed by atoms with Gasteiger partial charge in [-0.3, -0.25) is 27.3 Å². The van der Waals surface area contributed by atoms with E-state index in [1.165, 1.54) is 0 Å². The number of rotatable bonds is 16. The third-order valence-electron chi connectivity index (χ3n) is 4.79. The van der Waals surface area contributed by atoms with Gasteiger partial charge in [-0.25, -0.2) is 25.1 Å². The Bertz CT molecular complexity index is 1660. The van der Waals surface area contributed by atoms with Crippen LogP contribution < -0.4 is 0 Å². The fraction of sp³-hybridized carbons (Fsp3) is 1.00. The highest BCUT2D eigenvalue weighted by atomic mass is 32.3. The van der Waals surface area contributed by atoms with E-state index in [1.807, 2.05) is 0 Å². The highest BCUT2D eigenvalue weighted by Crippen LogP contribution is 2.34. The third-order valence-corrected chi connectivity index (χ3v) is 7.54. The summed E-state index contributed by atoms with van der Waals surface area (Å²) >= 11 is 0. The van der Waals surface area contributed by atoms with Gasteiger partial charge in [-0.1, -0.05) is 0 Å². The molecule has 0 amide bonds. The van der Waals surface area contributed by atoms with E-state index in [4.69, 9.17) is 32.4 Å². The van der Waals surface area contributed by atoms with Crippen LogP contribution in [-0.2, 0) is 102 Å². The molecule has 2 aliphatic rings. The largest absolute Gasteiger partial charge is 0.397 e. The van der Waals surface area contributed by atoms with Crippen LogP contribution >= 0.6 is 0 Å². The molecule has 2 aliphatic heterocycles. The smallest absolute Gasteiger partial charge is 0.364 e. The zero-order valence-corrected chi connectivity index (χ0v) is 25.3. The van der Waals surface area contributed by atoms with E-state index in [9.17, 15) is 59.6 Å². The SMILES string of the molecule is O=S(=O)(O)OC[C@@H]1O[C@H](COS(=O)(=O)O)[C@H](OS(=O)(=O)O)[C@@H]1O[C@@H]1OC[C@@H](OS(=O)(=O)O)[C@@H](OS(=O)(=O)O)[C@H]1OS(=O)(=O)O. The summed E-state index contributed by atoms with van der Waals surface area (Å²) in [6, 6.07) is 0. The van der Waals surface area contributed by atoms with Gasteiger partial charge in [0.25, 0.3) is 0 Å². The van der Waals surface area contributed by atoms with Gasteiger partial charge < -0.3 is 14.2 Å². The molecular weight excluding hydrogens is 756 g/mol. The fourth-order valence-corrected chi connectivity index (χ4v) is 6.15. The summed E-state index contributed by atoms with van der Waals surface area (Å²) in [6.45, 7) is -4.17. The summed E-state index contributed by atoms with van der Waals surface area (Å²) in [5.74, 6) is 0. The Morgan fingerprint density at radius 1 is 0.500 bits per heavy atom. The molecule has 0 aromatic carbocycles. The van der Waals surface area contributed by atoms with Crippen molar-refractivity contribution in [2.24, 2.45) is 0 Å². The lowest BCUT2D eigenvalue weighted by Gasteiger charge is -2.40. The molecule has 0 bridgehead atoms. The van der Waals surface area contributed by atoms with Gasteiger partial charge >= 0.3 is 62.4 Å². The van der Waals surface area contributed by atoms with E-state index in [-0.39, 0.29) is 0 Å². The van der Waals surface area contributed by atoms with E-state index in [0.717, 1.165) is 0 Å². The first-order valence-electron chi connectivity index (χ1n) is 10.3. The number of hydrogen-bond donors (Lipinski definition) is 6. The van der Waals surface area contributed by atoms with Gasteiger partial charge in [0.05, 0.1) is 19.8 Å². The minimum atomic E-state index is -5.80. The van der Waals surface area contributed by atoms with Crippen LogP contribution in [0.15, 0.2) is 0 Å². The van der Waals surface area contributed by atoms with E-state index >= 15 is 0 Å². The average Bonchev–Trinajstić information content (AvgIpc) is 3.06. The van der Waals surface area contributed by atoms with Crippen LogP contribution in [0, 0.1) is 0 Å². The molecule has 44 heavy (non-hydrogen) atoms. The molecule has 262 valence electrons. The summed E-state index contributed by atoms with van der Waals surface area (Å²) in [6.07, 6.45) is -19.9. The zero-order valence-electron chi connectivity index (χ0n) is 20.4. The third kappa shape index (κ3) is 14.3. The lowest BCUT2D eigenvalue weighted by Crippen LogP contribution is -2.60. The number of ether oxygens (including phenoxy) is 3. The van der Waals surface area contributed by atoms with Gasteiger partial charge in [-0.2, -0.15) is 50.5 Å². The molecule has 6 N–H and O–H groups in total. The maximum absolute atomic E-state index is 11.5. The lowest BCUT2D eigenvalue weighted by atomic mass is 10.0. The Hall–Kier alpha value is -0.900. The molecular formula is C11H20O27S6. The molecule has 0 saturated carbocycles. The molecule has 33 heteroatoms. The Morgan fingerprint density at radius 3 is 1.30 bits per heavy atom. The maximum Gasteiger partial charge on any atom is 0.397 e. The molecule has 0 radical (unpaired) electrons. The van der Waals surface area contributed by atoms with Crippen LogP contribution in [0.3, 0.4) is 0 Å². The van der Waals surface area contributed by atoms with Crippen LogP contribution in [-0.4, -0.2) is 147 Å². The molecule has 0 aliphatic carbocycles. The Labute approximate surface area is 247 Å². The Morgan fingerprint density at radius 2 is 0.886 bits per heavy atom. The minimum Gasteiger partial charge on any atom is -0.364 e. The van der Waals surface area contributed by atoms with E-state index in [1.54, 1.807) is 0 Å². The predicted molar refractivity (Wildman–Crippen MR) is 124 cm³/mol. The average molecular weight is 777 g/mol. The molecule has 0 unspecified atom stereocenters. The summed E-state index contributed by atoms with van der Waals surface area (Å²) in [5, 5.41) is 0. The standard InChI is InChI=1S/C11H20O27S6/c12-39(13,14)31-2-4-7(8(36-42(21,22)23)5(33-4)3-32-40(15,16)17)34-11-10(38-44(27,28)29)9(37-43(24,25)26)6(1-30-11)35-41(18,19)20/h4-11H,1-3H2,(H,12,13,14)(H,15,16,17)(H,18,19,20)(H,21,22,23)(H,24,25,26)(H,27,28,29)/t4-,5+,6+,7+,8-,9+,10+,11-/m0/s1. The first-order chi connectivity index (χ1) is 19.5. The van der Waals surface area contributed by atoms with Crippen molar-refractivity contribution in [3.8, 4) is 0 Å². The summed E-state index contributed by atoms with van der Waals surface area (Å²) in [4.78, 5) is 0. The number of hydrogen-bond acceptors (Lipinski definition) is 21. The highest BCUT2D eigenvalue weighted by Gasteiger charge is 2.55. The summed E-state index contributed by atoms with van der Waals surface area (Å²) < 4.78 is 230. The van der Waals surface area contributed by atoms with E-state index < -0.39 is 131 Å². The second kappa shape index (κ2) is 14.1. The normalized spacial score (nSPS) is 31.2. The van der Waals surface area contributed by atoms with Gasteiger partial charge in [-0.05, 0) is 0 Å². The molecule has 0 aromatic heterocycles. The maximum atomic E-state index is 11.5. The lowest BCUT2D eigenvalue weighted by molar-refractivity contribution is -0.278. The molecule has 2 heterocycles. The topological polar surface area (TPSA) is 409 Å². The van der Waals surface area contributed by atoms with Crippen LogP contribution in [0.4, 0.5) is 0 Å². The molecule has 2 fully saturated rings. The first kappa shape index (κ1) is 39.3.